The largest absolute Gasteiger partial charge is 0.326 e. The van der Waals surface area contributed by atoms with Gasteiger partial charge in [0.2, 0.25) is 0 Å². The van der Waals surface area contributed by atoms with Gasteiger partial charge >= 0.3 is 6.03 Å². The first-order valence-electron chi connectivity index (χ1n) is 5.58. The molecule has 1 fully saturated rings. The first-order chi connectivity index (χ1) is 7.59. The third-order valence-corrected chi connectivity index (χ3v) is 2.93. The number of likely N-dealkylation sites (N-methyl/N-ethyl adjacent to an activating group) is 1. The number of rotatable bonds is 2. The zero-order valence-corrected chi connectivity index (χ0v) is 9.97. The van der Waals surface area contributed by atoms with Crippen molar-refractivity contribution >= 4 is 11.8 Å². The van der Waals surface area contributed by atoms with E-state index >= 15 is 0 Å². The fourth-order valence-corrected chi connectivity index (χ4v) is 1.80. The molecule has 0 aromatic carbocycles. The molecule has 2 heterocycles. The van der Waals surface area contributed by atoms with E-state index in [-0.39, 0.29) is 6.03 Å². The van der Waals surface area contributed by atoms with Crippen LogP contribution in [0.2, 0.25) is 0 Å². The number of amides is 2. The summed E-state index contributed by atoms with van der Waals surface area (Å²) in [5.74, 6) is 1.22. The van der Waals surface area contributed by atoms with Crippen LogP contribution >= 0.6 is 0 Å². The maximum atomic E-state index is 11.8. The number of aromatic nitrogens is 1. The van der Waals surface area contributed by atoms with Gasteiger partial charge in [0.05, 0.1) is 0 Å². The fraction of sp³-hybridized carbons (Fsp3) is 0.500. The second kappa shape index (κ2) is 4.12. The van der Waals surface area contributed by atoms with Crippen molar-refractivity contribution < 1.29 is 4.79 Å². The van der Waals surface area contributed by atoms with Crippen molar-refractivity contribution in [2.45, 2.75) is 19.8 Å². The first kappa shape index (κ1) is 10.9. The molecule has 0 atom stereocenters. The van der Waals surface area contributed by atoms with Gasteiger partial charge in [-0.05, 0) is 23.6 Å². The number of pyridine rings is 1. The third kappa shape index (κ3) is 1.87. The highest BCUT2D eigenvalue weighted by Gasteiger charge is 2.27. The predicted molar refractivity (Wildman–Crippen MR) is 63.7 cm³/mol. The fourth-order valence-electron chi connectivity index (χ4n) is 1.80. The lowest BCUT2D eigenvalue weighted by molar-refractivity contribution is 0.229. The van der Waals surface area contributed by atoms with Gasteiger partial charge in [0.15, 0.2) is 0 Å². The molecular formula is C12H17N3O. The molecule has 0 spiro atoms. The summed E-state index contributed by atoms with van der Waals surface area (Å²) < 4.78 is 0. The van der Waals surface area contributed by atoms with Crippen molar-refractivity contribution in [1.29, 1.82) is 0 Å². The number of hydrogen-bond acceptors (Lipinski definition) is 2. The number of hydrogen-bond donors (Lipinski definition) is 0. The Bertz CT molecular complexity index is 403. The van der Waals surface area contributed by atoms with Crippen LogP contribution in [-0.2, 0) is 0 Å². The van der Waals surface area contributed by atoms with E-state index in [2.05, 4.69) is 18.8 Å². The molecule has 0 radical (unpaired) electrons. The molecular weight excluding hydrogens is 202 g/mol. The third-order valence-electron chi connectivity index (χ3n) is 2.93. The Morgan fingerprint density at radius 3 is 2.69 bits per heavy atom. The van der Waals surface area contributed by atoms with Crippen molar-refractivity contribution in [1.82, 2.24) is 9.88 Å². The van der Waals surface area contributed by atoms with Crippen LogP contribution in [0.25, 0.3) is 0 Å². The quantitative estimate of drug-likeness (QED) is 0.763. The zero-order valence-electron chi connectivity index (χ0n) is 9.97. The molecule has 0 bridgehead atoms. The highest BCUT2D eigenvalue weighted by atomic mass is 16.2. The van der Waals surface area contributed by atoms with Crippen LogP contribution in [0.3, 0.4) is 0 Å². The Hall–Kier alpha value is -1.58. The SMILES string of the molecule is CC(C)c1ccnc(N2CCN(C)C2=O)c1. The van der Waals surface area contributed by atoms with E-state index < -0.39 is 0 Å². The van der Waals surface area contributed by atoms with Crippen LogP contribution < -0.4 is 4.90 Å². The topological polar surface area (TPSA) is 36.4 Å². The molecule has 86 valence electrons. The van der Waals surface area contributed by atoms with E-state index in [0.717, 1.165) is 18.9 Å². The maximum absolute atomic E-state index is 11.8. The van der Waals surface area contributed by atoms with Crippen LogP contribution in [0.5, 0.6) is 0 Å². The van der Waals surface area contributed by atoms with Gasteiger partial charge in [-0.2, -0.15) is 0 Å². The molecule has 1 saturated heterocycles. The maximum Gasteiger partial charge on any atom is 0.325 e. The van der Waals surface area contributed by atoms with E-state index in [1.54, 1.807) is 16.0 Å². The van der Waals surface area contributed by atoms with Crippen molar-refractivity contribution in [3.05, 3.63) is 23.9 Å². The Kier molecular flexibility index (Phi) is 2.81. The smallest absolute Gasteiger partial charge is 0.325 e. The normalized spacial score (nSPS) is 16.4. The summed E-state index contributed by atoms with van der Waals surface area (Å²) in [5.41, 5.74) is 1.22. The Labute approximate surface area is 95.9 Å². The summed E-state index contributed by atoms with van der Waals surface area (Å²) in [5, 5.41) is 0. The van der Waals surface area contributed by atoms with Crippen LogP contribution in [0.4, 0.5) is 10.6 Å². The van der Waals surface area contributed by atoms with Crippen LogP contribution in [-0.4, -0.2) is 36.1 Å². The van der Waals surface area contributed by atoms with Gasteiger partial charge in [0.25, 0.3) is 0 Å². The standard InChI is InChI=1S/C12H17N3O/c1-9(2)10-4-5-13-11(8-10)15-7-6-14(3)12(15)16/h4-5,8-9H,6-7H2,1-3H3. The molecule has 0 N–H and O–H groups in total. The van der Waals surface area contributed by atoms with Crippen LogP contribution in [0, 0.1) is 0 Å². The van der Waals surface area contributed by atoms with Crippen molar-refractivity contribution in [2.75, 3.05) is 25.0 Å². The Balaban J connectivity index is 2.27. The highest BCUT2D eigenvalue weighted by molar-refractivity contribution is 5.92. The summed E-state index contributed by atoms with van der Waals surface area (Å²) in [4.78, 5) is 19.5. The molecule has 0 saturated carbocycles. The number of carbonyl (C=O) groups excluding carboxylic acids is 1. The number of carbonyl (C=O) groups is 1. The van der Waals surface area contributed by atoms with Gasteiger partial charge in [-0.15, -0.1) is 0 Å². The Morgan fingerprint density at radius 1 is 1.38 bits per heavy atom. The van der Waals surface area contributed by atoms with Crippen molar-refractivity contribution in [3.63, 3.8) is 0 Å². The number of anilines is 1. The molecule has 1 aromatic heterocycles. The summed E-state index contributed by atoms with van der Waals surface area (Å²) in [7, 11) is 1.81. The van der Waals surface area contributed by atoms with Gasteiger partial charge in [0, 0.05) is 26.3 Å². The molecule has 0 unspecified atom stereocenters. The summed E-state index contributed by atoms with van der Waals surface area (Å²) in [6, 6.07) is 4.04. The van der Waals surface area contributed by atoms with Crippen LogP contribution in [0.1, 0.15) is 25.3 Å². The van der Waals surface area contributed by atoms with Gasteiger partial charge < -0.3 is 4.90 Å². The van der Waals surface area contributed by atoms with E-state index in [1.165, 1.54) is 5.56 Å². The van der Waals surface area contributed by atoms with E-state index in [9.17, 15) is 4.79 Å². The van der Waals surface area contributed by atoms with Crippen molar-refractivity contribution in [2.24, 2.45) is 0 Å². The summed E-state index contributed by atoms with van der Waals surface area (Å²) in [6.45, 7) is 5.77. The van der Waals surface area contributed by atoms with E-state index in [1.807, 2.05) is 19.2 Å². The van der Waals surface area contributed by atoms with Gasteiger partial charge in [-0.3, -0.25) is 4.90 Å². The molecule has 4 nitrogen and oxygen atoms in total. The minimum absolute atomic E-state index is 0.0356. The zero-order chi connectivity index (χ0) is 11.7. The minimum atomic E-state index is 0.0356. The highest BCUT2D eigenvalue weighted by Crippen LogP contribution is 2.21. The molecule has 2 rings (SSSR count). The lowest BCUT2D eigenvalue weighted by Gasteiger charge is -2.16. The summed E-state index contributed by atoms with van der Waals surface area (Å²) in [6.07, 6.45) is 1.77. The van der Waals surface area contributed by atoms with Gasteiger partial charge in [-0.25, -0.2) is 9.78 Å². The van der Waals surface area contributed by atoms with Gasteiger partial charge in [0.1, 0.15) is 5.82 Å². The second-order valence-electron chi connectivity index (χ2n) is 4.46. The molecule has 1 aliphatic heterocycles. The lowest BCUT2D eigenvalue weighted by atomic mass is 10.1. The monoisotopic (exact) mass is 219 g/mol. The average Bonchev–Trinajstić information content (AvgIpc) is 2.60. The predicted octanol–water partition coefficient (Wildman–Crippen LogP) is 2.08. The Morgan fingerprint density at radius 2 is 2.12 bits per heavy atom. The van der Waals surface area contributed by atoms with Gasteiger partial charge in [-0.1, -0.05) is 13.8 Å². The lowest BCUT2D eigenvalue weighted by Crippen LogP contribution is -2.29. The second-order valence-corrected chi connectivity index (χ2v) is 4.46. The van der Waals surface area contributed by atoms with Crippen LogP contribution in [0.15, 0.2) is 18.3 Å². The molecule has 1 aliphatic rings. The minimum Gasteiger partial charge on any atom is -0.326 e. The first-order valence-corrected chi connectivity index (χ1v) is 5.58. The van der Waals surface area contributed by atoms with Crippen molar-refractivity contribution in [3.8, 4) is 0 Å². The molecule has 4 heteroatoms. The number of urea groups is 1. The molecule has 1 aromatic rings. The van der Waals surface area contributed by atoms with E-state index in [4.69, 9.17) is 0 Å². The molecule has 0 aliphatic carbocycles. The van der Waals surface area contributed by atoms with E-state index in [0.29, 0.717) is 5.92 Å². The number of nitrogens with zero attached hydrogens (tertiary/aromatic N) is 3. The molecule has 2 amide bonds. The summed E-state index contributed by atoms with van der Waals surface area (Å²) >= 11 is 0. The molecule has 16 heavy (non-hydrogen) atoms. The average molecular weight is 219 g/mol.